The van der Waals surface area contributed by atoms with Crippen molar-refractivity contribution in [2.75, 3.05) is 0 Å². The zero-order valence-electron chi connectivity index (χ0n) is 6.09. The summed E-state index contributed by atoms with van der Waals surface area (Å²) in [5.74, 6) is 0. The van der Waals surface area contributed by atoms with Crippen molar-refractivity contribution in [1.82, 2.24) is 0 Å². The van der Waals surface area contributed by atoms with Crippen LogP contribution in [-0.4, -0.2) is 0 Å². The lowest BCUT2D eigenvalue weighted by Crippen LogP contribution is -2.12. The molecular formula is C9H13. The lowest BCUT2D eigenvalue weighted by Gasteiger charge is -2.23. The topological polar surface area (TPSA) is 0 Å². The first-order valence-electron chi connectivity index (χ1n) is 3.47. The molecule has 1 radical (unpaired) electrons. The minimum Gasteiger partial charge on any atom is -0.0800 e. The first-order valence-corrected chi connectivity index (χ1v) is 3.47. The van der Waals surface area contributed by atoms with Gasteiger partial charge in [-0.15, -0.1) is 0 Å². The summed E-state index contributed by atoms with van der Waals surface area (Å²) >= 11 is 0. The molecule has 0 bridgehead atoms. The molecule has 49 valence electrons. The molecule has 0 saturated carbocycles. The maximum Gasteiger partial charge on any atom is -0.00704 e. The predicted molar refractivity (Wildman–Crippen MR) is 41.0 cm³/mol. The minimum atomic E-state index is 0.328. The van der Waals surface area contributed by atoms with Crippen molar-refractivity contribution < 1.29 is 0 Å². The molecular weight excluding hydrogens is 108 g/mol. The summed E-state index contributed by atoms with van der Waals surface area (Å²) < 4.78 is 0. The van der Waals surface area contributed by atoms with Crippen molar-refractivity contribution in [3.63, 3.8) is 0 Å². The van der Waals surface area contributed by atoms with E-state index < -0.39 is 0 Å². The molecule has 1 aliphatic carbocycles. The highest BCUT2D eigenvalue weighted by Gasteiger charge is 2.17. The smallest absolute Gasteiger partial charge is 0.00704 e. The van der Waals surface area contributed by atoms with Crippen LogP contribution >= 0.6 is 0 Å². The molecule has 0 heterocycles. The van der Waals surface area contributed by atoms with Crippen LogP contribution in [0.15, 0.2) is 24.3 Å². The largest absolute Gasteiger partial charge is 0.0800 e. The molecule has 0 aromatic heterocycles. The molecule has 1 atom stereocenters. The third kappa shape index (κ3) is 1.44. The van der Waals surface area contributed by atoms with Gasteiger partial charge in [-0.05, 0) is 18.3 Å². The van der Waals surface area contributed by atoms with Crippen LogP contribution in [-0.2, 0) is 0 Å². The van der Waals surface area contributed by atoms with Gasteiger partial charge in [0.05, 0.1) is 0 Å². The van der Waals surface area contributed by atoms with Gasteiger partial charge in [-0.2, -0.15) is 0 Å². The number of allylic oxidation sites excluding steroid dienone is 4. The fourth-order valence-electron chi connectivity index (χ4n) is 0.906. The van der Waals surface area contributed by atoms with Crippen molar-refractivity contribution in [2.24, 2.45) is 5.41 Å². The van der Waals surface area contributed by atoms with Crippen molar-refractivity contribution in [3.05, 3.63) is 30.7 Å². The second-order valence-corrected chi connectivity index (χ2v) is 2.77. The molecule has 0 spiro atoms. The van der Waals surface area contributed by atoms with Gasteiger partial charge in [0.2, 0.25) is 0 Å². The Morgan fingerprint density at radius 1 is 1.22 bits per heavy atom. The van der Waals surface area contributed by atoms with Gasteiger partial charge in [-0.25, -0.2) is 0 Å². The maximum atomic E-state index is 2.24. The Hall–Kier alpha value is -0.520. The first-order chi connectivity index (χ1) is 4.27. The molecule has 9 heavy (non-hydrogen) atoms. The van der Waals surface area contributed by atoms with Crippen LogP contribution in [0.4, 0.5) is 0 Å². The van der Waals surface area contributed by atoms with Gasteiger partial charge in [0.15, 0.2) is 0 Å². The third-order valence-electron chi connectivity index (χ3n) is 1.94. The lowest BCUT2D eigenvalue weighted by atomic mass is 9.82. The Bertz CT molecular complexity index is 142. The van der Waals surface area contributed by atoms with Gasteiger partial charge in [-0.3, -0.25) is 0 Å². The molecule has 0 N–H and O–H groups in total. The average molecular weight is 121 g/mol. The molecule has 1 rings (SSSR count). The second-order valence-electron chi connectivity index (χ2n) is 2.77. The highest BCUT2D eigenvalue weighted by Crippen LogP contribution is 2.28. The summed E-state index contributed by atoms with van der Waals surface area (Å²) in [5, 5.41) is 0. The zero-order valence-corrected chi connectivity index (χ0v) is 6.09. The highest BCUT2D eigenvalue weighted by molar-refractivity contribution is 5.23. The van der Waals surface area contributed by atoms with Gasteiger partial charge in [0, 0.05) is 0 Å². The maximum absolute atomic E-state index is 2.24. The predicted octanol–water partition coefficient (Wildman–Crippen LogP) is 2.73. The van der Waals surface area contributed by atoms with Crippen molar-refractivity contribution in [2.45, 2.75) is 20.3 Å². The van der Waals surface area contributed by atoms with Crippen LogP contribution in [0.2, 0.25) is 0 Å². The van der Waals surface area contributed by atoms with E-state index in [4.69, 9.17) is 0 Å². The van der Waals surface area contributed by atoms with Crippen molar-refractivity contribution in [3.8, 4) is 0 Å². The molecule has 0 aromatic carbocycles. The number of rotatable bonds is 1. The Balaban J connectivity index is 2.63. The standard InChI is InChI=1S/C9H13/c1-3-9(2)7-5-4-6-8-9/h4-8H,3H2,1-2H3. The first kappa shape index (κ1) is 6.60. The average Bonchev–Trinajstić information content (AvgIpc) is 1.90. The monoisotopic (exact) mass is 121 g/mol. The van der Waals surface area contributed by atoms with E-state index in [-0.39, 0.29) is 0 Å². The number of hydrogen-bond donors (Lipinski definition) is 0. The quantitative estimate of drug-likeness (QED) is 0.500. The van der Waals surface area contributed by atoms with E-state index >= 15 is 0 Å². The van der Waals surface area contributed by atoms with Crippen LogP contribution in [0, 0.1) is 11.8 Å². The summed E-state index contributed by atoms with van der Waals surface area (Å²) in [5.41, 5.74) is 0.328. The summed E-state index contributed by atoms with van der Waals surface area (Å²) in [6, 6.07) is 0. The van der Waals surface area contributed by atoms with Crippen LogP contribution < -0.4 is 0 Å². The van der Waals surface area contributed by atoms with Gasteiger partial charge in [-0.1, -0.05) is 38.2 Å². The normalized spacial score (nSPS) is 33.1. The molecule has 0 amide bonds. The van der Waals surface area contributed by atoms with E-state index in [1.165, 1.54) is 6.42 Å². The molecule has 0 aliphatic heterocycles. The SMILES string of the molecule is CCC1(C)[CH]C=CC=C1. The van der Waals surface area contributed by atoms with Crippen molar-refractivity contribution in [1.29, 1.82) is 0 Å². The molecule has 1 aliphatic rings. The summed E-state index contributed by atoms with van der Waals surface area (Å²) in [6.07, 6.45) is 12.0. The minimum absolute atomic E-state index is 0.328. The Labute approximate surface area is 57.3 Å². The Morgan fingerprint density at radius 2 is 2.00 bits per heavy atom. The van der Waals surface area contributed by atoms with Crippen LogP contribution in [0.25, 0.3) is 0 Å². The molecule has 0 aromatic rings. The lowest BCUT2D eigenvalue weighted by molar-refractivity contribution is 0.496. The molecule has 1 unspecified atom stereocenters. The Kier molecular flexibility index (Phi) is 1.75. The van der Waals surface area contributed by atoms with Gasteiger partial charge in [0.1, 0.15) is 0 Å². The van der Waals surface area contributed by atoms with Crippen LogP contribution in [0.5, 0.6) is 0 Å². The van der Waals surface area contributed by atoms with Crippen molar-refractivity contribution >= 4 is 0 Å². The third-order valence-corrected chi connectivity index (χ3v) is 1.94. The fraction of sp³-hybridized carbons (Fsp3) is 0.444. The van der Waals surface area contributed by atoms with Crippen LogP contribution in [0.1, 0.15) is 20.3 Å². The molecule has 0 nitrogen and oxygen atoms in total. The van der Waals surface area contributed by atoms with E-state index in [1.54, 1.807) is 0 Å². The Morgan fingerprint density at radius 3 is 2.33 bits per heavy atom. The fourth-order valence-corrected chi connectivity index (χ4v) is 0.906. The summed E-state index contributed by atoms with van der Waals surface area (Å²) in [4.78, 5) is 0. The van der Waals surface area contributed by atoms with E-state index in [1.807, 2.05) is 0 Å². The van der Waals surface area contributed by atoms with Gasteiger partial charge >= 0.3 is 0 Å². The van der Waals surface area contributed by atoms with Gasteiger partial charge in [0.25, 0.3) is 0 Å². The van der Waals surface area contributed by atoms with E-state index in [0.717, 1.165) is 0 Å². The van der Waals surface area contributed by atoms with E-state index in [2.05, 4.69) is 44.6 Å². The van der Waals surface area contributed by atoms with Gasteiger partial charge < -0.3 is 0 Å². The molecule has 0 heteroatoms. The van der Waals surface area contributed by atoms with Crippen LogP contribution in [0.3, 0.4) is 0 Å². The number of hydrogen-bond acceptors (Lipinski definition) is 0. The molecule has 0 fully saturated rings. The molecule has 0 saturated heterocycles. The summed E-state index contributed by atoms with van der Waals surface area (Å²) in [7, 11) is 0. The highest BCUT2D eigenvalue weighted by atomic mass is 14.2. The summed E-state index contributed by atoms with van der Waals surface area (Å²) in [6.45, 7) is 4.45. The zero-order chi connectivity index (χ0) is 6.74. The van der Waals surface area contributed by atoms with E-state index in [0.29, 0.717) is 5.41 Å². The van der Waals surface area contributed by atoms with E-state index in [9.17, 15) is 0 Å². The second kappa shape index (κ2) is 2.38.